The normalized spacial score (nSPS) is 13.0. The highest BCUT2D eigenvalue weighted by Gasteiger charge is 2.06. The van der Waals surface area contributed by atoms with Gasteiger partial charge in [-0.3, -0.25) is 4.68 Å². The second-order valence-electron chi connectivity index (χ2n) is 5.91. The molecule has 0 aliphatic rings. The average molecular weight is 313 g/mol. The van der Waals surface area contributed by atoms with Crippen LogP contribution in [0, 0.1) is 6.92 Å². The third kappa shape index (κ3) is 5.43. The van der Waals surface area contributed by atoms with Crippen molar-refractivity contribution in [1.29, 1.82) is 0 Å². The smallest absolute Gasteiger partial charge is 0.191 e. The van der Waals surface area contributed by atoms with Crippen molar-refractivity contribution in [3.05, 3.63) is 53.3 Å². The predicted octanol–water partition coefficient (Wildman–Crippen LogP) is 2.59. The van der Waals surface area contributed by atoms with Crippen molar-refractivity contribution in [2.75, 3.05) is 13.1 Å². The molecule has 0 saturated heterocycles. The predicted molar refractivity (Wildman–Crippen MR) is 95.6 cm³/mol. The molecule has 2 rings (SSSR count). The summed E-state index contributed by atoms with van der Waals surface area (Å²) in [6.07, 6.45) is 3.84. The Morgan fingerprint density at radius 3 is 2.61 bits per heavy atom. The van der Waals surface area contributed by atoms with Crippen molar-refractivity contribution in [3.63, 3.8) is 0 Å². The maximum atomic E-state index is 4.62. The zero-order valence-corrected chi connectivity index (χ0v) is 14.5. The van der Waals surface area contributed by atoms with Crippen LogP contribution in [-0.4, -0.2) is 28.8 Å². The number of rotatable bonds is 6. The minimum atomic E-state index is 0.429. The van der Waals surface area contributed by atoms with Crippen LogP contribution in [0.3, 0.4) is 0 Å². The van der Waals surface area contributed by atoms with Crippen molar-refractivity contribution in [3.8, 4) is 0 Å². The molecule has 2 aromatic rings. The van der Waals surface area contributed by atoms with E-state index in [1.807, 2.05) is 19.4 Å². The molecular weight excluding hydrogens is 286 g/mol. The van der Waals surface area contributed by atoms with Crippen LogP contribution in [0.2, 0.25) is 0 Å². The maximum Gasteiger partial charge on any atom is 0.191 e. The van der Waals surface area contributed by atoms with Gasteiger partial charge in [-0.25, -0.2) is 4.99 Å². The molecule has 0 amide bonds. The molecular formula is C18H27N5. The van der Waals surface area contributed by atoms with Crippen LogP contribution in [0.15, 0.2) is 41.7 Å². The van der Waals surface area contributed by atoms with E-state index in [-0.39, 0.29) is 0 Å². The first-order valence-corrected chi connectivity index (χ1v) is 8.14. The van der Waals surface area contributed by atoms with Gasteiger partial charge in [0, 0.05) is 31.9 Å². The van der Waals surface area contributed by atoms with Crippen LogP contribution in [0.4, 0.5) is 0 Å². The molecule has 5 nitrogen and oxygen atoms in total. The number of nitrogens with one attached hydrogen (secondary N) is 2. The first-order chi connectivity index (χ1) is 11.1. The van der Waals surface area contributed by atoms with E-state index in [9.17, 15) is 0 Å². The quantitative estimate of drug-likeness (QED) is 0.636. The third-order valence-corrected chi connectivity index (χ3v) is 3.74. The number of nitrogens with zero attached hydrogens (tertiary/aromatic N) is 3. The SMILES string of the molecule is CCNC(=NCc1cnn(C)c1)NCC(C)c1ccc(C)cc1. The number of guanidine groups is 1. The fourth-order valence-electron chi connectivity index (χ4n) is 2.33. The summed E-state index contributed by atoms with van der Waals surface area (Å²) in [4.78, 5) is 4.62. The van der Waals surface area contributed by atoms with E-state index in [1.165, 1.54) is 11.1 Å². The standard InChI is InChI=1S/C18H27N5/c1-5-19-18(21-11-16-12-22-23(4)13-16)20-10-15(3)17-8-6-14(2)7-9-17/h6-9,12-13,15H,5,10-11H2,1-4H3,(H2,19,20,21). The van der Waals surface area contributed by atoms with Crippen molar-refractivity contribution in [1.82, 2.24) is 20.4 Å². The summed E-state index contributed by atoms with van der Waals surface area (Å²) < 4.78 is 1.80. The summed E-state index contributed by atoms with van der Waals surface area (Å²) in [5.74, 6) is 1.27. The molecule has 23 heavy (non-hydrogen) atoms. The fourth-order valence-corrected chi connectivity index (χ4v) is 2.33. The summed E-state index contributed by atoms with van der Waals surface area (Å²) in [6.45, 7) is 8.73. The number of aromatic nitrogens is 2. The number of aryl methyl sites for hydroxylation is 2. The highest BCUT2D eigenvalue weighted by atomic mass is 15.2. The van der Waals surface area contributed by atoms with Crippen molar-refractivity contribution in [2.24, 2.45) is 12.0 Å². The Balaban J connectivity index is 1.91. The Bertz CT molecular complexity index is 627. The van der Waals surface area contributed by atoms with Crippen LogP contribution in [0.25, 0.3) is 0 Å². The Hall–Kier alpha value is -2.30. The Morgan fingerprint density at radius 2 is 2.00 bits per heavy atom. The molecule has 0 fully saturated rings. The van der Waals surface area contributed by atoms with Gasteiger partial charge in [0.25, 0.3) is 0 Å². The third-order valence-electron chi connectivity index (χ3n) is 3.74. The van der Waals surface area contributed by atoms with E-state index in [0.717, 1.165) is 24.6 Å². The number of benzene rings is 1. The summed E-state index contributed by atoms with van der Waals surface area (Å²) in [7, 11) is 1.92. The minimum Gasteiger partial charge on any atom is -0.357 e. The first-order valence-electron chi connectivity index (χ1n) is 8.14. The van der Waals surface area contributed by atoms with E-state index in [1.54, 1.807) is 4.68 Å². The zero-order valence-electron chi connectivity index (χ0n) is 14.5. The lowest BCUT2D eigenvalue weighted by Gasteiger charge is -2.16. The second-order valence-corrected chi connectivity index (χ2v) is 5.91. The Morgan fingerprint density at radius 1 is 1.26 bits per heavy atom. The molecule has 0 spiro atoms. The average Bonchev–Trinajstić information content (AvgIpc) is 2.96. The van der Waals surface area contributed by atoms with E-state index in [0.29, 0.717) is 12.5 Å². The second kappa shape index (κ2) is 8.36. The summed E-state index contributed by atoms with van der Waals surface area (Å²) in [5.41, 5.74) is 3.74. The first kappa shape index (κ1) is 17.1. The summed E-state index contributed by atoms with van der Waals surface area (Å²) in [5, 5.41) is 10.9. The van der Waals surface area contributed by atoms with E-state index in [4.69, 9.17) is 0 Å². The van der Waals surface area contributed by atoms with E-state index < -0.39 is 0 Å². The Kier molecular flexibility index (Phi) is 6.20. The lowest BCUT2D eigenvalue weighted by atomic mass is 10.0. The molecule has 5 heteroatoms. The molecule has 1 heterocycles. The van der Waals surface area contributed by atoms with Gasteiger partial charge >= 0.3 is 0 Å². The van der Waals surface area contributed by atoms with Gasteiger partial charge in [0.1, 0.15) is 0 Å². The van der Waals surface area contributed by atoms with Crippen LogP contribution < -0.4 is 10.6 Å². The summed E-state index contributed by atoms with van der Waals surface area (Å²) in [6, 6.07) is 8.71. The van der Waals surface area contributed by atoms with Gasteiger partial charge in [-0.05, 0) is 25.3 Å². The largest absolute Gasteiger partial charge is 0.357 e. The molecule has 0 bridgehead atoms. The Labute approximate surface area is 138 Å². The summed E-state index contributed by atoms with van der Waals surface area (Å²) >= 11 is 0. The minimum absolute atomic E-state index is 0.429. The fraction of sp³-hybridized carbons (Fsp3) is 0.444. The molecule has 0 radical (unpaired) electrons. The molecule has 1 unspecified atom stereocenters. The van der Waals surface area contributed by atoms with Crippen LogP contribution >= 0.6 is 0 Å². The van der Waals surface area contributed by atoms with Gasteiger partial charge in [-0.2, -0.15) is 5.10 Å². The molecule has 1 aromatic carbocycles. The number of hydrogen-bond donors (Lipinski definition) is 2. The van der Waals surface area contributed by atoms with E-state index >= 15 is 0 Å². The number of aliphatic imine (C=N–C) groups is 1. The topological polar surface area (TPSA) is 54.2 Å². The van der Waals surface area contributed by atoms with Gasteiger partial charge in [-0.1, -0.05) is 36.8 Å². The molecule has 2 N–H and O–H groups in total. The van der Waals surface area contributed by atoms with E-state index in [2.05, 4.69) is 65.8 Å². The molecule has 0 aliphatic heterocycles. The van der Waals surface area contributed by atoms with Gasteiger partial charge in [0.15, 0.2) is 5.96 Å². The van der Waals surface area contributed by atoms with Crippen LogP contribution in [0.5, 0.6) is 0 Å². The highest BCUT2D eigenvalue weighted by molar-refractivity contribution is 5.79. The van der Waals surface area contributed by atoms with Gasteiger partial charge < -0.3 is 10.6 Å². The molecule has 124 valence electrons. The molecule has 1 atom stereocenters. The zero-order chi connectivity index (χ0) is 16.7. The maximum absolute atomic E-state index is 4.62. The lowest BCUT2D eigenvalue weighted by Crippen LogP contribution is -2.39. The van der Waals surface area contributed by atoms with Crippen LogP contribution in [0.1, 0.15) is 36.5 Å². The van der Waals surface area contributed by atoms with Gasteiger partial charge in [0.05, 0.1) is 12.7 Å². The van der Waals surface area contributed by atoms with Crippen molar-refractivity contribution < 1.29 is 0 Å². The van der Waals surface area contributed by atoms with Gasteiger partial charge in [-0.15, -0.1) is 0 Å². The lowest BCUT2D eigenvalue weighted by molar-refractivity contribution is 0.699. The van der Waals surface area contributed by atoms with Crippen molar-refractivity contribution in [2.45, 2.75) is 33.2 Å². The monoisotopic (exact) mass is 313 g/mol. The highest BCUT2D eigenvalue weighted by Crippen LogP contribution is 2.14. The van der Waals surface area contributed by atoms with Crippen LogP contribution in [-0.2, 0) is 13.6 Å². The number of hydrogen-bond acceptors (Lipinski definition) is 2. The molecule has 0 saturated carbocycles. The molecule has 0 aliphatic carbocycles. The molecule has 1 aromatic heterocycles. The van der Waals surface area contributed by atoms with Crippen molar-refractivity contribution >= 4 is 5.96 Å². The van der Waals surface area contributed by atoms with Gasteiger partial charge in [0.2, 0.25) is 0 Å².